The molecule has 5 rings (SSSR count). The summed E-state index contributed by atoms with van der Waals surface area (Å²) < 4.78 is 2.49. The lowest BCUT2D eigenvalue weighted by atomic mass is 9.86. The van der Waals surface area contributed by atoms with Gasteiger partial charge in [0, 0.05) is 33.0 Å². The van der Waals surface area contributed by atoms with Crippen molar-refractivity contribution in [2.75, 3.05) is 5.75 Å². The number of allylic oxidation sites excluding steroid dienone is 1. The van der Waals surface area contributed by atoms with E-state index in [0.717, 1.165) is 6.42 Å². The number of fused-ring (bicyclic) bond motifs is 4. The van der Waals surface area contributed by atoms with Crippen molar-refractivity contribution in [1.82, 2.24) is 4.57 Å². The van der Waals surface area contributed by atoms with Gasteiger partial charge in [-0.05, 0) is 37.0 Å². The second-order valence-electron chi connectivity index (χ2n) is 6.57. The molecule has 1 unspecified atom stereocenters. The number of hydrogen-bond donors (Lipinski definition) is 0. The molecule has 0 spiro atoms. The van der Waals surface area contributed by atoms with Crippen molar-refractivity contribution in [2.45, 2.75) is 19.8 Å². The quantitative estimate of drug-likeness (QED) is 0.560. The van der Waals surface area contributed by atoms with Crippen LogP contribution in [0.3, 0.4) is 0 Å². The molecule has 2 aliphatic rings. The Balaban J connectivity index is 1.90. The van der Waals surface area contributed by atoms with Crippen molar-refractivity contribution in [3.05, 3.63) is 71.4 Å². The molecule has 2 aromatic carbocycles. The first-order valence-electron chi connectivity index (χ1n) is 8.38. The fourth-order valence-corrected chi connectivity index (χ4v) is 5.58. The summed E-state index contributed by atoms with van der Waals surface area (Å²) in [6.07, 6.45) is 2.42. The number of hydrogen-bond acceptors (Lipinski definition) is 1. The van der Waals surface area contributed by atoms with Crippen LogP contribution >= 0.6 is 11.8 Å². The van der Waals surface area contributed by atoms with Crippen molar-refractivity contribution >= 4 is 27.6 Å². The number of thioether (sulfide) groups is 1. The van der Waals surface area contributed by atoms with Crippen LogP contribution in [0.2, 0.25) is 0 Å². The van der Waals surface area contributed by atoms with Crippen LogP contribution in [0.5, 0.6) is 0 Å². The van der Waals surface area contributed by atoms with Gasteiger partial charge in [0.05, 0.1) is 5.52 Å². The minimum atomic E-state index is 0.666. The van der Waals surface area contributed by atoms with Crippen molar-refractivity contribution < 1.29 is 0 Å². The summed E-state index contributed by atoms with van der Waals surface area (Å²) in [4.78, 5) is 1.57. The molecule has 1 aromatic heterocycles. The SMILES string of the molecule is CC1Cc2c(c3ccccc3n2-c2ccccc2)C2=C1CCS2. The highest BCUT2D eigenvalue weighted by atomic mass is 32.2. The van der Waals surface area contributed by atoms with E-state index in [9.17, 15) is 0 Å². The van der Waals surface area contributed by atoms with E-state index in [1.165, 1.54) is 40.0 Å². The number of rotatable bonds is 1. The molecular weight excluding hydrogens is 298 g/mol. The van der Waals surface area contributed by atoms with Gasteiger partial charge in [-0.25, -0.2) is 0 Å². The molecule has 1 nitrogen and oxygen atoms in total. The molecular formula is C21H19NS. The van der Waals surface area contributed by atoms with Gasteiger partial charge in [0.1, 0.15) is 0 Å². The summed E-state index contributed by atoms with van der Waals surface area (Å²) in [5.74, 6) is 1.92. The summed E-state index contributed by atoms with van der Waals surface area (Å²) >= 11 is 2.06. The monoisotopic (exact) mass is 317 g/mol. The first-order valence-corrected chi connectivity index (χ1v) is 9.37. The Labute approximate surface area is 141 Å². The highest BCUT2D eigenvalue weighted by Gasteiger charge is 2.32. The van der Waals surface area contributed by atoms with Crippen LogP contribution in [-0.4, -0.2) is 10.3 Å². The highest BCUT2D eigenvalue weighted by molar-refractivity contribution is 8.08. The van der Waals surface area contributed by atoms with E-state index in [-0.39, 0.29) is 0 Å². The van der Waals surface area contributed by atoms with Crippen LogP contribution < -0.4 is 0 Å². The molecule has 0 N–H and O–H groups in total. The molecule has 0 saturated carbocycles. The molecule has 0 fully saturated rings. The molecule has 1 aliphatic heterocycles. The molecule has 3 aromatic rings. The summed E-state index contributed by atoms with van der Waals surface area (Å²) in [6.45, 7) is 2.40. The molecule has 0 bridgehead atoms. The minimum absolute atomic E-state index is 0.666. The maximum Gasteiger partial charge on any atom is 0.0538 e. The molecule has 1 atom stereocenters. The molecule has 0 saturated heterocycles. The molecule has 23 heavy (non-hydrogen) atoms. The maximum absolute atomic E-state index is 2.49. The van der Waals surface area contributed by atoms with E-state index in [4.69, 9.17) is 0 Å². The molecule has 114 valence electrons. The Morgan fingerprint density at radius 1 is 1.00 bits per heavy atom. The van der Waals surface area contributed by atoms with E-state index in [2.05, 4.69) is 77.9 Å². The smallest absolute Gasteiger partial charge is 0.0538 e. The Hall–Kier alpha value is -1.93. The number of benzene rings is 2. The average molecular weight is 317 g/mol. The maximum atomic E-state index is 2.49. The van der Waals surface area contributed by atoms with E-state index in [0.29, 0.717) is 5.92 Å². The fourth-order valence-electron chi connectivity index (χ4n) is 4.20. The topological polar surface area (TPSA) is 4.93 Å². The van der Waals surface area contributed by atoms with Gasteiger partial charge in [0.25, 0.3) is 0 Å². The third-order valence-electron chi connectivity index (χ3n) is 5.22. The third-order valence-corrected chi connectivity index (χ3v) is 6.38. The first-order chi connectivity index (χ1) is 11.3. The van der Waals surface area contributed by atoms with Crippen molar-refractivity contribution in [2.24, 2.45) is 5.92 Å². The molecule has 2 heteroatoms. The van der Waals surface area contributed by atoms with Gasteiger partial charge in [0.15, 0.2) is 0 Å². The molecule has 0 radical (unpaired) electrons. The van der Waals surface area contributed by atoms with Crippen LogP contribution in [0.15, 0.2) is 60.2 Å². The van der Waals surface area contributed by atoms with E-state index in [1.807, 2.05) is 0 Å². The van der Waals surface area contributed by atoms with E-state index < -0.39 is 0 Å². The Morgan fingerprint density at radius 3 is 2.65 bits per heavy atom. The lowest BCUT2D eigenvalue weighted by Gasteiger charge is -2.23. The Kier molecular flexibility index (Phi) is 2.96. The van der Waals surface area contributed by atoms with Gasteiger partial charge in [-0.3, -0.25) is 0 Å². The molecule has 1 aliphatic carbocycles. The standard InChI is InChI=1S/C21H19NS/c1-14-13-19-20(21-16(14)11-12-23-21)17-9-5-6-10-18(17)22(19)15-7-3-2-4-8-15/h2-10,14H,11-13H2,1H3. The summed E-state index contributed by atoms with van der Waals surface area (Å²) in [5.41, 5.74) is 7.33. The predicted octanol–water partition coefficient (Wildman–Crippen LogP) is 5.67. The van der Waals surface area contributed by atoms with Crippen LogP contribution in [0.4, 0.5) is 0 Å². The van der Waals surface area contributed by atoms with Gasteiger partial charge in [-0.15, -0.1) is 11.8 Å². The largest absolute Gasteiger partial charge is 0.313 e. The van der Waals surface area contributed by atoms with Crippen molar-refractivity contribution in [3.63, 3.8) is 0 Å². The second-order valence-corrected chi connectivity index (χ2v) is 7.67. The number of aromatic nitrogens is 1. The molecule has 0 amide bonds. The van der Waals surface area contributed by atoms with Gasteiger partial charge in [0.2, 0.25) is 0 Å². The Morgan fingerprint density at radius 2 is 1.78 bits per heavy atom. The summed E-state index contributed by atoms with van der Waals surface area (Å²) in [5, 5.41) is 1.42. The third kappa shape index (κ3) is 1.88. The lowest BCUT2D eigenvalue weighted by molar-refractivity contribution is 0.634. The van der Waals surface area contributed by atoms with Gasteiger partial charge >= 0.3 is 0 Å². The fraction of sp³-hybridized carbons (Fsp3) is 0.238. The normalized spacial score (nSPS) is 20.0. The van der Waals surface area contributed by atoms with E-state index >= 15 is 0 Å². The van der Waals surface area contributed by atoms with Crippen LogP contribution in [0.25, 0.3) is 21.5 Å². The van der Waals surface area contributed by atoms with Crippen LogP contribution in [0, 0.1) is 5.92 Å². The number of nitrogens with zero attached hydrogens (tertiary/aromatic N) is 1. The summed E-state index contributed by atoms with van der Waals surface area (Å²) in [7, 11) is 0. The van der Waals surface area contributed by atoms with Crippen molar-refractivity contribution in [3.8, 4) is 5.69 Å². The first kappa shape index (κ1) is 13.5. The zero-order valence-electron chi connectivity index (χ0n) is 13.3. The zero-order valence-corrected chi connectivity index (χ0v) is 14.1. The van der Waals surface area contributed by atoms with E-state index in [1.54, 1.807) is 10.5 Å². The molecule has 2 heterocycles. The second kappa shape index (κ2) is 5.04. The minimum Gasteiger partial charge on any atom is -0.313 e. The predicted molar refractivity (Wildman–Crippen MR) is 100 cm³/mol. The number of para-hydroxylation sites is 2. The van der Waals surface area contributed by atoms with Crippen LogP contribution in [-0.2, 0) is 6.42 Å². The average Bonchev–Trinajstić information content (AvgIpc) is 3.18. The lowest BCUT2D eigenvalue weighted by Crippen LogP contribution is -2.13. The van der Waals surface area contributed by atoms with Gasteiger partial charge < -0.3 is 4.57 Å². The Bertz CT molecular complexity index is 933. The van der Waals surface area contributed by atoms with Crippen molar-refractivity contribution in [1.29, 1.82) is 0 Å². The van der Waals surface area contributed by atoms with Crippen LogP contribution in [0.1, 0.15) is 24.6 Å². The summed E-state index contributed by atoms with van der Waals surface area (Å²) in [6, 6.07) is 19.7. The highest BCUT2D eigenvalue weighted by Crippen LogP contribution is 2.51. The van der Waals surface area contributed by atoms with Gasteiger partial charge in [-0.2, -0.15) is 0 Å². The van der Waals surface area contributed by atoms with Gasteiger partial charge in [-0.1, -0.05) is 48.9 Å². The zero-order chi connectivity index (χ0) is 15.4.